The Balaban J connectivity index is 1.42. The lowest BCUT2D eigenvalue weighted by Crippen LogP contribution is -2.03. The Morgan fingerprint density at radius 3 is 2.74 bits per heavy atom. The Morgan fingerprint density at radius 2 is 2.00 bits per heavy atom. The third-order valence-corrected chi connectivity index (χ3v) is 7.01. The molecule has 0 saturated carbocycles. The first kappa shape index (κ1) is 20.0. The number of thiophene rings is 1. The largest absolute Gasteiger partial charge is 0.360 e. The van der Waals surface area contributed by atoms with E-state index < -0.39 is 0 Å². The monoisotopic (exact) mass is 417 g/mol. The van der Waals surface area contributed by atoms with Gasteiger partial charge in [0.2, 0.25) is 5.13 Å². The molecule has 0 amide bonds. The molecule has 1 N–H and O–H groups in total. The Labute approximate surface area is 172 Å². The van der Waals surface area contributed by atoms with Gasteiger partial charge in [-0.2, -0.15) is 0 Å². The summed E-state index contributed by atoms with van der Waals surface area (Å²) < 4.78 is 0.821. The zero-order valence-electron chi connectivity index (χ0n) is 15.3. The fourth-order valence-corrected chi connectivity index (χ4v) is 4.92. The number of nitrogens with zero attached hydrogens (tertiary/aromatic N) is 2. The number of unbranched alkanes of at least 4 members (excludes halogenated alkanes) is 1. The highest BCUT2D eigenvalue weighted by Crippen LogP contribution is 2.26. The van der Waals surface area contributed by atoms with E-state index in [1.54, 1.807) is 11.3 Å². The molecule has 2 aromatic heterocycles. The van der Waals surface area contributed by atoms with Crippen molar-refractivity contribution in [3.8, 4) is 0 Å². The van der Waals surface area contributed by atoms with Crippen LogP contribution < -0.4 is 5.32 Å². The molecule has 1 aromatic carbocycles. The van der Waals surface area contributed by atoms with Gasteiger partial charge in [0, 0.05) is 17.0 Å². The van der Waals surface area contributed by atoms with Gasteiger partial charge in [0.05, 0.1) is 5.75 Å². The summed E-state index contributed by atoms with van der Waals surface area (Å²) >= 11 is 4.71. The van der Waals surface area contributed by atoms with E-state index in [0.717, 1.165) is 34.4 Å². The number of carbonyl (C=O) groups is 1. The number of aryl methyl sites for hydroxylation is 1. The molecule has 3 rings (SSSR count). The van der Waals surface area contributed by atoms with Crippen molar-refractivity contribution in [2.24, 2.45) is 0 Å². The topological polar surface area (TPSA) is 54.9 Å². The van der Waals surface area contributed by atoms with Crippen molar-refractivity contribution in [3.63, 3.8) is 0 Å². The second-order valence-electron chi connectivity index (χ2n) is 6.14. The van der Waals surface area contributed by atoms with Crippen molar-refractivity contribution in [1.29, 1.82) is 0 Å². The van der Waals surface area contributed by atoms with Gasteiger partial charge in [-0.25, -0.2) is 0 Å². The van der Waals surface area contributed by atoms with E-state index in [1.165, 1.54) is 46.4 Å². The summed E-state index contributed by atoms with van der Waals surface area (Å²) in [5, 5.41) is 14.5. The summed E-state index contributed by atoms with van der Waals surface area (Å²) in [7, 11) is 0. The molecule has 4 nitrogen and oxygen atoms in total. The van der Waals surface area contributed by atoms with Gasteiger partial charge < -0.3 is 5.32 Å². The minimum atomic E-state index is 0.129. The molecule has 0 bridgehead atoms. The van der Waals surface area contributed by atoms with E-state index in [1.807, 2.05) is 12.1 Å². The van der Waals surface area contributed by atoms with Gasteiger partial charge in [-0.3, -0.25) is 4.79 Å². The molecule has 7 heteroatoms. The van der Waals surface area contributed by atoms with E-state index in [0.29, 0.717) is 5.75 Å². The molecule has 0 aliphatic rings. The number of thioether (sulfide) groups is 1. The molecule has 0 aliphatic carbocycles. The lowest BCUT2D eigenvalue weighted by Gasteiger charge is -2.03. The third-order valence-electron chi connectivity index (χ3n) is 4.06. The molecule has 0 fully saturated rings. The maximum atomic E-state index is 12.4. The smallest absolute Gasteiger partial charge is 0.206 e. The lowest BCUT2D eigenvalue weighted by atomic mass is 10.1. The number of hydrogen-bond donors (Lipinski definition) is 1. The minimum Gasteiger partial charge on any atom is -0.360 e. The highest BCUT2D eigenvalue weighted by atomic mass is 32.2. The Kier molecular flexibility index (Phi) is 7.86. The standard InChI is InChI=1S/C20H23N3OS3/c1-2-3-5-15-7-9-16(10-8-15)18(24)14-26-20-23-22-19(27-20)21-12-11-17-6-4-13-25-17/h4,6-10,13H,2-3,5,11-12,14H2,1H3,(H,21,22). The molecule has 142 valence electrons. The zero-order valence-corrected chi connectivity index (χ0v) is 17.8. The highest BCUT2D eigenvalue weighted by Gasteiger charge is 2.10. The van der Waals surface area contributed by atoms with Crippen LogP contribution in [0.25, 0.3) is 0 Å². The maximum Gasteiger partial charge on any atom is 0.206 e. The van der Waals surface area contributed by atoms with Crippen molar-refractivity contribution in [3.05, 3.63) is 57.8 Å². The van der Waals surface area contributed by atoms with Crippen molar-refractivity contribution in [2.45, 2.75) is 36.9 Å². The Hall–Kier alpha value is -1.70. The first-order valence-corrected chi connectivity index (χ1v) is 11.8. The van der Waals surface area contributed by atoms with Crippen LogP contribution in [0.4, 0.5) is 5.13 Å². The van der Waals surface area contributed by atoms with E-state index in [9.17, 15) is 4.79 Å². The molecule has 27 heavy (non-hydrogen) atoms. The van der Waals surface area contributed by atoms with E-state index in [2.05, 4.69) is 52.1 Å². The van der Waals surface area contributed by atoms with Crippen LogP contribution >= 0.6 is 34.4 Å². The van der Waals surface area contributed by atoms with Crippen LogP contribution in [0.3, 0.4) is 0 Å². The minimum absolute atomic E-state index is 0.129. The predicted molar refractivity (Wildman–Crippen MR) is 117 cm³/mol. The van der Waals surface area contributed by atoms with Crippen LogP contribution in [0.15, 0.2) is 46.1 Å². The van der Waals surface area contributed by atoms with Crippen molar-refractivity contribution >= 4 is 45.4 Å². The predicted octanol–water partition coefficient (Wildman–Crippen LogP) is 5.57. The van der Waals surface area contributed by atoms with Gasteiger partial charge in [-0.15, -0.1) is 21.5 Å². The SMILES string of the molecule is CCCCc1ccc(C(=O)CSc2nnc(NCCc3cccs3)s2)cc1. The second kappa shape index (κ2) is 10.6. The molecule has 0 radical (unpaired) electrons. The van der Waals surface area contributed by atoms with Gasteiger partial charge >= 0.3 is 0 Å². The third kappa shape index (κ3) is 6.45. The van der Waals surface area contributed by atoms with Crippen LogP contribution in [0.2, 0.25) is 0 Å². The van der Waals surface area contributed by atoms with Crippen molar-refractivity contribution in [1.82, 2.24) is 10.2 Å². The normalized spacial score (nSPS) is 10.9. The van der Waals surface area contributed by atoms with Crippen LogP contribution in [0.1, 0.15) is 40.6 Å². The van der Waals surface area contributed by atoms with Gasteiger partial charge in [-0.1, -0.05) is 66.8 Å². The molecule has 0 aliphatic heterocycles. The number of Topliss-reactive ketones (excluding diaryl/α,β-unsaturated/α-hetero) is 1. The van der Waals surface area contributed by atoms with E-state index in [4.69, 9.17) is 0 Å². The molecule has 0 spiro atoms. The van der Waals surface area contributed by atoms with Crippen molar-refractivity contribution in [2.75, 3.05) is 17.6 Å². The molecule has 0 atom stereocenters. The van der Waals surface area contributed by atoms with Crippen LogP contribution in [-0.4, -0.2) is 28.3 Å². The number of aromatic nitrogens is 2. The average Bonchev–Trinajstić information content (AvgIpc) is 3.37. The number of hydrogen-bond acceptors (Lipinski definition) is 7. The summed E-state index contributed by atoms with van der Waals surface area (Å²) in [6.07, 6.45) is 4.42. The number of benzene rings is 1. The lowest BCUT2D eigenvalue weighted by molar-refractivity contribution is 0.102. The molecule has 3 aromatic rings. The quantitative estimate of drug-likeness (QED) is 0.326. The molecule has 2 heterocycles. The molecular formula is C20H23N3OS3. The number of anilines is 1. The van der Waals surface area contributed by atoms with Gasteiger partial charge in [0.1, 0.15) is 0 Å². The molecule has 0 saturated heterocycles. The van der Waals surface area contributed by atoms with Crippen LogP contribution in [0, 0.1) is 0 Å². The second-order valence-corrected chi connectivity index (χ2v) is 9.37. The Morgan fingerprint density at radius 1 is 1.15 bits per heavy atom. The molecular weight excluding hydrogens is 394 g/mol. The summed E-state index contributed by atoms with van der Waals surface area (Å²) in [4.78, 5) is 13.7. The summed E-state index contributed by atoms with van der Waals surface area (Å²) in [5.74, 6) is 0.516. The summed E-state index contributed by atoms with van der Waals surface area (Å²) in [5.41, 5.74) is 2.06. The van der Waals surface area contributed by atoms with Crippen LogP contribution in [0.5, 0.6) is 0 Å². The number of nitrogens with one attached hydrogen (secondary N) is 1. The maximum absolute atomic E-state index is 12.4. The van der Waals surface area contributed by atoms with Gasteiger partial charge in [0.25, 0.3) is 0 Å². The fourth-order valence-electron chi connectivity index (χ4n) is 2.54. The van der Waals surface area contributed by atoms with Crippen molar-refractivity contribution < 1.29 is 4.79 Å². The number of ketones is 1. The van der Waals surface area contributed by atoms with E-state index >= 15 is 0 Å². The number of carbonyl (C=O) groups excluding carboxylic acids is 1. The molecule has 0 unspecified atom stereocenters. The number of rotatable bonds is 11. The first-order chi connectivity index (χ1) is 13.2. The highest BCUT2D eigenvalue weighted by molar-refractivity contribution is 8.01. The Bertz CT molecular complexity index is 829. The fraction of sp³-hybridized carbons (Fsp3) is 0.350. The summed E-state index contributed by atoms with van der Waals surface area (Å²) in [6.45, 7) is 3.02. The van der Waals surface area contributed by atoms with Crippen LogP contribution in [-0.2, 0) is 12.8 Å². The summed E-state index contributed by atoms with van der Waals surface area (Å²) in [6, 6.07) is 12.2. The van der Waals surface area contributed by atoms with Gasteiger partial charge in [-0.05, 0) is 36.3 Å². The van der Waals surface area contributed by atoms with E-state index in [-0.39, 0.29) is 5.78 Å². The average molecular weight is 418 g/mol. The zero-order chi connectivity index (χ0) is 18.9. The van der Waals surface area contributed by atoms with Gasteiger partial charge in [0.15, 0.2) is 10.1 Å². The first-order valence-electron chi connectivity index (χ1n) is 9.09.